The number of quaternary nitrogens is 1. The first-order valence-electron chi connectivity index (χ1n) is 11.8. The van der Waals surface area contributed by atoms with Gasteiger partial charge in [-0.15, -0.1) is 0 Å². The smallest absolute Gasteiger partial charge is 0.295 e. The van der Waals surface area contributed by atoms with E-state index in [2.05, 4.69) is 39.6 Å². The number of pyridine rings is 1. The first-order valence-corrected chi connectivity index (χ1v) is 11.8. The maximum atomic E-state index is 13.4. The summed E-state index contributed by atoms with van der Waals surface area (Å²) in [7, 11) is 0. The molecule has 0 bridgehead atoms. The molecule has 2 aromatic rings. The number of hydrogen-bond donors (Lipinski definition) is 1. The normalized spacial score (nSPS) is 18.4. The maximum Gasteiger partial charge on any atom is 0.295 e. The molecule has 6 nitrogen and oxygen atoms in total. The summed E-state index contributed by atoms with van der Waals surface area (Å²) in [5, 5.41) is 13.4. The van der Waals surface area contributed by atoms with Crippen molar-refractivity contribution < 1.29 is 19.6 Å². The highest BCUT2D eigenvalue weighted by Crippen LogP contribution is 2.39. The Kier molecular flexibility index (Phi) is 7.69. The largest absolute Gasteiger partial charge is 0.872 e. The van der Waals surface area contributed by atoms with Crippen LogP contribution in [0.1, 0.15) is 63.8 Å². The van der Waals surface area contributed by atoms with Crippen LogP contribution in [-0.2, 0) is 15.0 Å². The molecule has 6 heteroatoms. The fourth-order valence-corrected chi connectivity index (χ4v) is 4.37. The Morgan fingerprint density at radius 1 is 1.03 bits per heavy atom. The maximum absolute atomic E-state index is 13.4. The molecule has 0 spiro atoms. The molecule has 2 heterocycles. The van der Waals surface area contributed by atoms with Gasteiger partial charge in [-0.05, 0) is 48.1 Å². The van der Waals surface area contributed by atoms with Crippen LogP contribution in [0.4, 0.5) is 0 Å². The minimum absolute atomic E-state index is 0.0223. The van der Waals surface area contributed by atoms with Gasteiger partial charge in [0.2, 0.25) is 5.78 Å². The predicted molar refractivity (Wildman–Crippen MR) is 127 cm³/mol. The third-order valence-corrected chi connectivity index (χ3v) is 6.49. The van der Waals surface area contributed by atoms with Crippen LogP contribution in [0.3, 0.4) is 0 Å². The Bertz CT molecular complexity index is 1000. The molecule has 0 radical (unpaired) electrons. The van der Waals surface area contributed by atoms with E-state index in [4.69, 9.17) is 0 Å². The molecular formula is C27H35N3O3. The van der Waals surface area contributed by atoms with E-state index >= 15 is 0 Å². The van der Waals surface area contributed by atoms with Crippen molar-refractivity contribution in [2.75, 3.05) is 26.2 Å². The minimum atomic E-state index is -0.697. The highest BCUT2D eigenvalue weighted by atomic mass is 16.3. The first kappa shape index (κ1) is 24.6. The van der Waals surface area contributed by atoms with Gasteiger partial charge in [-0.1, -0.05) is 50.8 Å². The van der Waals surface area contributed by atoms with Gasteiger partial charge in [-0.25, -0.2) is 0 Å². The fraction of sp³-hybridized carbons (Fsp3) is 0.444. The lowest BCUT2D eigenvalue weighted by molar-refractivity contribution is -0.896. The van der Waals surface area contributed by atoms with Crippen molar-refractivity contribution in [1.29, 1.82) is 0 Å². The topological polar surface area (TPSA) is 77.8 Å². The van der Waals surface area contributed by atoms with E-state index in [1.54, 1.807) is 17.0 Å². The summed E-state index contributed by atoms with van der Waals surface area (Å²) in [6.45, 7) is 14.1. The standard InChI is InChI=1S/C27H35N3O3/c1-6-29(7-2)17-8-18-30-23(19-9-11-21(12-10-19)27(3,4)5)22(25(32)26(30)33)24(31)20-13-15-28-16-14-20/h9-16,23,31H,6-8,17-18H2,1-5H3. The number of nitrogens with one attached hydrogen (secondary N) is 1. The van der Waals surface area contributed by atoms with Crippen molar-refractivity contribution in [3.8, 4) is 0 Å². The second-order valence-electron chi connectivity index (χ2n) is 9.64. The number of nitrogens with zero attached hydrogens (tertiary/aromatic N) is 2. The van der Waals surface area contributed by atoms with Crippen LogP contribution in [0.2, 0.25) is 0 Å². The zero-order chi connectivity index (χ0) is 24.2. The minimum Gasteiger partial charge on any atom is -0.872 e. The summed E-state index contributed by atoms with van der Waals surface area (Å²) in [6, 6.07) is 10.4. The number of Topliss-reactive ketones (excluding diaryl/α,β-unsaturated/α-hetero) is 1. The molecule has 1 unspecified atom stereocenters. The van der Waals surface area contributed by atoms with E-state index in [0.29, 0.717) is 12.1 Å². The summed E-state index contributed by atoms with van der Waals surface area (Å²) in [4.78, 5) is 33.1. The van der Waals surface area contributed by atoms with Crippen molar-refractivity contribution in [2.45, 2.75) is 52.5 Å². The number of hydrogen-bond acceptors (Lipinski definition) is 4. The van der Waals surface area contributed by atoms with Crippen molar-refractivity contribution in [2.24, 2.45) is 0 Å². The first-order chi connectivity index (χ1) is 15.7. The Balaban J connectivity index is 2.03. The third kappa shape index (κ3) is 5.33. The second-order valence-corrected chi connectivity index (χ2v) is 9.64. The number of carbonyl (C=O) groups excluding carboxylic acids is 2. The molecule has 1 atom stereocenters. The Morgan fingerprint density at radius 2 is 1.64 bits per heavy atom. The fourth-order valence-electron chi connectivity index (χ4n) is 4.37. The molecule has 1 aromatic carbocycles. The molecule has 1 aliphatic heterocycles. The van der Waals surface area contributed by atoms with Gasteiger partial charge in [-0.2, -0.15) is 0 Å². The van der Waals surface area contributed by atoms with Gasteiger partial charge < -0.3 is 14.9 Å². The summed E-state index contributed by atoms with van der Waals surface area (Å²) in [5.41, 5.74) is 2.32. The van der Waals surface area contributed by atoms with E-state index in [1.807, 2.05) is 24.3 Å². The lowest BCUT2D eigenvalue weighted by atomic mass is 9.85. The second kappa shape index (κ2) is 10.3. The molecule has 1 aliphatic rings. The van der Waals surface area contributed by atoms with Crippen molar-refractivity contribution >= 4 is 17.4 Å². The van der Waals surface area contributed by atoms with Crippen LogP contribution < -0.4 is 10.0 Å². The van der Waals surface area contributed by atoms with E-state index in [0.717, 1.165) is 37.2 Å². The van der Waals surface area contributed by atoms with Gasteiger partial charge in [0.05, 0.1) is 25.7 Å². The number of aromatic nitrogens is 1. The Hall–Kier alpha value is -2.99. The molecule has 0 saturated carbocycles. The molecule has 1 aromatic heterocycles. The lowest BCUT2D eigenvalue weighted by Gasteiger charge is -2.28. The monoisotopic (exact) mass is 449 g/mol. The van der Waals surface area contributed by atoms with Gasteiger partial charge in [0.15, 0.2) is 0 Å². The Labute approximate surface area is 196 Å². The van der Waals surface area contributed by atoms with Crippen LogP contribution >= 0.6 is 0 Å². The van der Waals surface area contributed by atoms with Crippen molar-refractivity contribution in [3.05, 3.63) is 71.1 Å². The van der Waals surface area contributed by atoms with Gasteiger partial charge in [0, 0.05) is 30.9 Å². The molecule has 1 saturated heterocycles. The highest BCUT2D eigenvalue weighted by Gasteiger charge is 2.44. The molecular weight excluding hydrogens is 414 g/mol. The molecule has 33 heavy (non-hydrogen) atoms. The highest BCUT2D eigenvalue weighted by molar-refractivity contribution is 6.46. The van der Waals surface area contributed by atoms with Crippen molar-refractivity contribution in [1.82, 2.24) is 9.88 Å². The third-order valence-electron chi connectivity index (χ3n) is 6.49. The lowest BCUT2D eigenvalue weighted by Crippen LogP contribution is -3.11. The quantitative estimate of drug-likeness (QED) is 0.379. The zero-order valence-electron chi connectivity index (χ0n) is 20.4. The summed E-state index contributed by atoms with van der Waals surface area (Å²) in [6.07, 6.45) is 3.81. The van der Waals surface area contributed by atoms with Gasteiger partial charge in [0.1, 0.15) is 0 Å². The van der Waals surface area contributed by atoms with Gasteiger partial charge in [-0.3, -0.25) is 14.6 Å². The summed E-state index contributed by atoms with van der Waals surface area (Å²) in [5.74, 6) is -1.69. The average molecular weight is 450 g/mol. The summed E-state index contributed by atoms with van der Waals surface area (Å²) < 4.78 is 0. The number of likely N-dealkylation sites (tertiary alicyclic amines) is 1. The van der Waals surface area contributed by atoms with Crippen LogP contribution in [-0.4, -0.2) is 47.8 Å². The molecule has 3 rings (SSSR count). The van der Waals surface area contributed by atoms with Crippen LogP contribution in [0.25, 0.3) is 5.76 Å². The van der Waals surface area contributed by atoms with E-state index in [1.165, 1.54) is 17.3 Å². The van der Waals surface area contributed by atoms with Gasteiger partial charge >= 0.3 is 0 Å². The number of carbonyl (C=O) groups is 2. The van der Waals surface area contributed by atoms with E-state index in [-0.39, 0.29) is 11.0 Å². The SMILES string of the molecule is CC[NH+](CC)CCCN1C(=O)C(=O)C(=C([O-])c2ccncc2)C1c1ccc(C(C)(C)C)cc1. The van der Waals surface area contributed by atoms with Crippen molar-refractivity contribution in [3.63, 3.8) is 0 Å². The molecule has 176 valence electrons. The molecule has 1 fully saturated rings. The van der Waals surface area contributed by atoms with E-state index in [9.17, 15) is 14.7 Å². The van der Waals surface area contributed by atoms with E-state index < -0.39 is 23.5 Å². The number of amides is 1. The molecule has 1 amide bonds. The van der Waals surface area contributed by atoms with Gasteiger partial charge in [0.25, 0.3) is 5.91 Å². The predicted octanol–water partition coefficient (Wildman–Crippen LogP) is 1.92. The van der Waals surface area contributed by atoms with Crippen LogP contribution in [0.5, 0.6) is 0 Å². The number of ketones is 1. The zero-order valence-corrected chi connectivity index (χ0v) is 20.4. The van der Waals surface area contributed by atoms with Crippen LogP contribution in [0, 0.1) is 0 Å². The average Bonchev–Trinajstić information content (AvgIpc) is 3.06. The Morgan fingerprint density at radius 3 is 2.18 bits per heavy atom. The number of benzene rings is 1. The van der Waals surface area contributed by atoms with Crippen LogP contribution in [0.15, 0.2) is 54.4 Å². The number of rotatable bonds is 8. The molecule has 1 N–H and O–H groups in total. The summed E-state index contributed by atoms with van der Waals surface area (Å²) >= 11 is 0. The molecule has 0 aliphatic carbocycles.